The molecule has 1 aliphatic carbocycles. The van der Waals surface area contributed by atoms with Crippen LogP contribution in [0, 0.1) is 17.8 Å². The standard InChI is InChI=1S/C25H20F2N6O2S/c1-33-8-7-15(13-33)19-9-16(17-10-20(23(26)27)29-12-21(17)35-2)18(11-28-19)24(34)30-25-32-31-22(36-25)6-5-14-3-4-14/h7-14,23H,3-4H2,1-2H3,(H,30,32,34). The lowest BCUT2D eigenvalue weighted by Gasteiger charge is -2.14. The number of hydrogen-bond acceptors (Lipinski definition) is 7. The van der Waals surface area contributed by atoms with Crippen LogP contribution in [0.5, 0.6) is 5.75 Å². The molecule has 11 heteroatoms. The number of methoxy groups -OCH3 is 1. The Morgan fingerprint density at radius 2 is 2.06 bits per heavy atom. The molecule has 1 aliphatic rings. The van der Waals surface area contributed by atoms with E-state index >= 15 is 0 Å². The maximum atomic E-state index is 13.5. The van der Waals surface area contributed by atoms with Gasteiger partial charge in [-0.2, -0.15) is 0 Å². The van der Waals surface area contributed by atoms with Crippen LogP contribution in [0.4, 0.5) is 13.9 Å². The van der Waals surface area contributed by atoms with Crippen molar-refractivity contribution in [2.75, 3.05) is 12.4 Å². The summed E-state index contributed by atoms with van der Waals surface area (Å²) in [6.45, 7) is 0. The number of nitrogens with zero attached hydrogens (tertiary/aromatic N) is 5. The van der Waals surface area contributed by atoms with Gasteiger partial charge in [0.2, 0.25) is 5.13 Å². The van der Waals surface area contributed by atoms with Crippen LogP contribution in [-0.4, -0.2) is 37.7 Å². The molecule has 5 rings (SSSR count). The first-order valence-electron chi connectivity index (χ1n) is 11.0. The quantitative estimate of drug-likeness (QED) is 0.372. The van der Waals surface area contributed by atoms with Gasteiger partial charge < -0.3 is 9.30 Å². The molecule has 0 bridgehead atoms. The van der Waals surface area contributed by atoms with Crippen LogP contribution >= 0.6 is 11.3 Å². The van der Waals surface area contributed by atoms with Gasteiger partial charge in [0.15, 0.2) is 5.01 Å². The lowest BCUT2D eigenvalue weighted by Crippen LogP contribution is -2.14. The third kappa shape index (κ3) is 5.08. The third-order valence-corrected chi connectivity index (χ3v) is 6.26. The molecule has 182 valence electrons. The van der Waals surface area contributed by atoms with Crippen LogP contribution in [-0.2, 0) is 7.05 Å². The van der Waals surface area contributed by atoms with Crippen molar-refractivity contribution >= 4 is 22.4 Å². The number of aromatic nitrogens is 5. The van der Waals surface area contributed by atoms with Gasteiger partial charge in [-0.3, -0.25) is 20.1 Å². The number of carbonyl (C=O) groups is 1. The van der Waals surface area contributed by atoms with Gasteiger partial charge in [0.25, 0.3) is 12.3 Å². The van der Waals surface area contributed by atoms with E-state index in [2.05, 4.69) is 37.3 Å². The number of alkyl halides is 2. The van der Waals surface area contributed by atoms with Gasteiger partial charge in [-0.05, 0) is 37.0 Å². The first-order valence-corrected chi connectivity index (χ1v) is 11.8. The predicted octanol–water partition coefficient (Wildman–Crippen LogP) is 4.96. The van der Waals surface area contributed by atoms with Gasteiger partial charge in [-0.1, -0.05) is 17.3 Å². The zero-order chi connectivity index (χ0) is 25.2. The lowest BCUT2D eigenvalue weighted by molar-refractivity contribution is 0.102. The summed E-state index contributed by atoms with van der Waals surface area (Å²) in [7, 11) is 3.28. The fourth-order valence-corrected chi connectivity index (χ4v) is 4.10. The van der Waals surface area contributed by atoms with Crippen LogP contribution in [0.3, 0.4) is 0 Å². The van der Waals surface area contributed by atoms with Crippen LogP contribution in [0.1, 0.15) is 40.3 Å². The largest absolute Gasteiger partial charge is 0.494 e. The molecule has 8 nitrogen and oxygen atoms in total. The van der Waals surface area contributed by atoms with E-state index in [9.17, 15) is 13.6 Å². The summed E-state index contributed by atoms with van der Waals surface area (Å²) in [6, 6.07) is 4.76. The van der Waals surface area contributed by atoms with Crippen LogP contribution in [0.25, 0.3) is 22.4 Å². The van der Waals surface area contributed by atoms with Crippen molar-refractivity contribution in [2.24, 2.45) is 13.0 Å². The first-order chi connectivity index (χ1) is 17.4. The molecule has 1 saturated carbocycles. The van der Waals surface area contributed by atoms with E-state index in [1.807, 2.05) is 30.1 Å². The molecule has 4 aromatic heterocycles. The average Bonchev–Trinajstić information content (AvgIpc) is 3.44. The van der Waals surface area contributed by atoms with Crippen LogP contribution < -0.4 is 10.1 Å². The van der Waals surface area contributed by atoms with E-state index < -0.39 is 18.0 Å². The van der Waals surface area contributed by atoms with Gasteiger partial charge in [-0.15, -0.1) is 10.2 Å². The zero-order valence-electron chi connectivity index (χ0n) is 19.3. The molecule has 1 N–H and O–H groups in total. The molecule has 0 saturated heterocycles. The van der Waals surface area contributed by atoms with E-state index in [0.717, 1.165) is 29.7 Å². The van der Waals surface area contributed by atoms with Gasteiger partial charge >= 0.3 is 0 Å². The van der Waals surface area contributed by atoms with Gasteiger partial charge in [0, 0.05) is 48.2 Å². The van der Waals surface area contributed by atoms with Crippen molar-refractivity contribution < 1.29 is 18.3 Å². The first kappa shape index (κ1) is 23.6. The highest BCUT2D eigenvalue weighted by Gasteiger charge is 2.22. The molecule has 0 spiro atoms. The second kappa shape index (κ2) is 9.83. The maximum Gasteiger partial charge on any atom is 0.280 e. The Balaban J connectivity index is 1.55. The van der Waals surface area contributed by atoms with E-state index in [1.165, 1.54) is 25.6 Å². The van der Waals surface area contributed by atoms with Crippen LogP contribution in [0.15, 0.2) is 43.0 Å². The number of halogens is 2. The predicted molar refractivity (Wildman–Crippen MR) is 131 cm³/mol. The third-order valence-electron chi connectivity index (χ3n) is 5.50. The number of amides is 1. The maximum absolute atomic E-state index is 13.5. The summed E-state index contributed by atoms with van der Waals surface area (Å²) < 4.78 is 34.2. The monoisotopic (exact) mass is 506 g/mol. The number of aryl methyl sites for hydroxylation is 1. The Hall–Kier alpha value is -4.17. The summed E-state index contributed by atoms with van der Waals surface area (Å²) >= 11 is 1.16. The molecule has 0 unspecified atom stereocenters. The van der Waals surface area contributed by atoms with E-state index in [-0.39, 0.29) is 16.4 Å². The number of anilines is 1. The van der Waals surface area contributed by atoms with Crippen LogP contribution in [0.2, 0.25) is 0 Å². The number of carbonyl (C=O) groups excluding carboxylic acids is 1. The van der Waals surface area contributed by atoms with E-state index in [1.54, 1.807) is 6.07 Å². The Bertz CT molecular complexity index is 1500. The van der Waals surface area contributed by atoms with Crippen molar-refractivity contribution in [1.82, 2.24) is 24.7 Å². The number of nitrogens with one attached hydrogen (secondary N) is 1. The number of ether oxygens (including phenoxy) is 1. The fraction of sp³-hybridized carbons (Fsp3) is 0.240. The fourth-order valence-electron chi connectivity index (χ4n) is 3.50. The number of pyridine rings is 2. The second-order valence-corrected chi connectivity index (χ2v) is 9.18. The average molecular weight is 507 g/mol. The molecule has 1 amide bonds. The lowest BCUT2D eigenvalue weighted by atomic mass is 9.98. The molecule has 0 aromatic carbocycles. The van der Waals surface area contributed by atoms with Crippen molar-refractivity contribution in [3.8, 4) is 40.0 Å². The minimum atomic E-state index is -2.79. The number of hydrogen-bond donors (Lipinski definition) is 1. The van der Waals surface area contributed by atoms with Crippen molar-refractivity contribution in [3.63, 3.8) is 0 Å². The molecule has 0 radical (unpaired) electrons. The van der Waals surface area contributed by atoms with E-state index in [4.69, 9.17) is 4.74 Å². The molecular weight excluding hydrogens is 486 g/mol. The Labute approximate surface area is 209 Å². The van der Waals surface area contributed by atoms with Crippen molar-refractivity contribution in [2.45, 2.75) is 19.3 Å². The highest BCUT2D eigenvalue weighted by Crippen LogP contribution is 2.36. The Morgan fingerprint density at radius 1 is 1.22 bits per heavy atom. The van der Waals surface area contributed by atoms with Gasteiger partial charge in [0.05, 0.1) is 24.6 Å². The summed E-state index contributed by atoms with van der Waals surface area (Å²) in [4.78, 5) is 21.5. The Morgan fingerprint density at radius 3 is 2.75 bits per heavy atom. The highest BCUT2D eigenvalue weighted by atomic mass is 32.1. The minimum absolute atomic E-state index is 0.153. The zero-order valence-corrected chi connectivity index (χ0v) is 20.1. The van der Waals surface area contributed by atoms with Gasteiger partial charge in [0.1, 0.15) is 11.4 Å². The molecule has 1 fully saturated rings. The normalized spacial score (nSPS) is 12.8. The van der Waals surface area contributed by atoms with E-state index in [0.29, 0.717) is 27.7 Å². The summed E-state index contributed by atoms with van der Waals surface area (Å²) in [6.07, 6.45) is 5.75. The summed E-state index contributed by atoms with van der Waals surface area (Å²) in [5, 5.41) is 11.5. The molecule has 36 heavy (non-hydrogen) atoms. The van der Waals surface area contributed by atoms with Crippen molar-refractivity contribution in [1.29, 1.82) is 0 Å². The topological polar surface area (TPSA) is 94.8 Å². The van der Waals surface area contributed by atoms with Crippen molar-refractivity contribution in [3.05, 3.63) is 59.3 Å². The second-order valence-electron chi connectivity index (χ2n) is 8.20. The highest BCUT2D eigenvalue weighted by molar-refractivity contribution is 7.15. The molecular formula is C25H20F2N6O2S. The number of rotatable bonds is 6. The summed E-state index contributed by atoms with van der Waals surface area (Å²) in [5.74, 6) is 6.21. The smallest absolute Gasteiger partial charge is 0.280 e. The molecule has 4 aromatic rings. The minimum Gasteiger partial charge on any atom is -0.494 e. The molecule has 0 aliphatic heterocycles. The summed E-state index contributed by atoms with van der Waals surface area (Å²) in [5.41, 5.74) is 1.74. The van der Waals surface area contributed by atoms with Gasteiger partial charge in [-0.25, -0.2) is 8.78 Å². The SMILES string of the molecule is COc1cnc(C(F)F)cc1-c1cc(-c2ccn(C)c2)ncc1C(=O)Nc1nnc(C#CC2CC2)s1. The molecule has 4 heterocycles. The molecule has 0 atom stereocenters. The Kier molecular flexibility index (Phi) is 6.43.